The summed E-state index contributed by atoms with van der Waals surface area (Å²) in [4.78, 5) is 26.3. The number of aromatic nitrogens is 2. The van der Waals surface area contributed by atoms with Crippen LogP contribution < -0.4 is 4.74 Å². The molecule has 3 rings (SSSR count). The third kappa shape index (κ3) is 3.83. The van der Waals surface area contributed by atoms with E-state index in [4.69, 9.17) is 14.0 Å². The topological polar surface area (TPSA) is 118 Å². The van der Waals surface area contributed by atoms with Crippen molar-refractivity contribution in [3.8, 4) is 17.1 Å². The summed E-state index contributed by atoms with van der Waals surface area (Å²) in [5, 5.41) is 14.6. The van der Waals surface area contributed by atoms with Gasteiger partial charge in [-0.25, -0.2) is 4.79 Å². The van der Waals surface area contributed by atoms with Crippen molar-refractivity contribution in [3.05, 3.63) is 70.1 Å². The smallest absolute Gasteiger partial charge is 0.338 e. The van der Waals surface area contributed by atoms with Crippen LogP contribution in [0.4, 0.5) is 5.69 Å². The van der Waals surface area contributed by atoms with Gasteiger partial charge in [0.05, 0.1) is 17.6 Å². The monoisotopic (exact) mass is 355 g/mol. The van der Waals surface area contributed by atoms with E-state index in [0.29, 0.717) is 17.1 Å². The summed E-state index contributed by atoms with van der Waals surface area (Å²) in [5.41, 5.74) is 0.550. The van der Waals surface area contributed by atoms with E-state index in [1.165, 1.54) is 18.2 Å². The zero-order chi connectivity index (χ0) is 18.5. The first kappa shape index (κ1) is 17.1. The van der Waals surface area contributed by atoms with Crippen LogP contribution in [0.5, 0.6) is 5.75 Å². The number of carbonyl (C=O) groups is 1. The van der Waals surface area contributed by atoms with Crippen molar-refractivity contribution in [2.75, 3.05) is 7.11 Å². The van der Waals surface area contributed by atoms with Crippen molar-refractivity contribution in [3.63, 3.8) is 0 Å². The second kappa shape index (κ2) is 7.43. The van der Waals surface area contributed by atoms with Gasteiger partial charge in [-0.2, -0.15) is 4.98 Å². The summed E-state index contributed by atoms with van der Waals surface area (Å²) >= 11 is 0. The number of hydrogen-bond acceptors (Lipinski definition) is 8. The van der Waals surface area contributed by atoms with E-state index in [1.54, 1.807) is 31.4 Å². The quantitative estimate of drug-likeness (QED) is 0.376. The second-order valence-corrected chi connectivity index (χ2v) is 5.13. The molecule has 0 spiro atoms. The maximum absolute atomic E-state index is 12.0. The maximum Gasteiger partial charge on any atom is 0.338 e. The van der Waals surface area contributed by atoms with Gasteiger partial charge in [0.1, 0.15) is 5.75 Å². The number of benzene rings is 2. The molecule has 0 atom stereocenters. The largest absolute Gasteiger partial charge is 0.497 e. The lowest BCUT2D eigenvalue weighted by atomic mass is 10.2. The third-order valence-corrected chi connectivity index (χ3v) is 3.42. The Bertz CT molecular complexity index is 953. The van der Waals surface area contributed by atoms with Gasteiger partial charge in [0.15, 0.2) is 6.61 Å². The molecule has 0 aliphatic heterocycles. The average molecular weight is 355 g/mol. The molecule has 0 fully saturated rings. The number of nitrogens with zero attached hydrogens (tertiary/aromatic N) is 3. The molecule has 26 heavy (non-hydrogen) atoms. The van der Waals surface area contributed by atoms with E-state index in [-0.39, 0.29) is 23.7 Å². The Morgan fingerprint density at radius 2 is 2.04 bits per heavy atom. The Morgan fingerprint density at radius 3 is 2.81 bits per heavy atom. The molecule has 0 saturated heterocycles. The molecular formula is C17H13N3O6. The van der Waals surface area contributed by atoms with Crippen molar-refractivity contribution in [1.29, 1.82) is 0 Å². The van der Waals surface area contributed by atoms with Crippen LogP contribution in [0, 0.1) is 10.1 Å². The molecule has 0 aliphatic carbocycles. The Hall–Kier alpha value is -3.75. The maximum atomic E-state index is 12.0. The van der Waals surface area contributed by atoms with Crippen LogP contribution in [0.25, 0.3) is 11.4 Å². The summed E-state index contributed by atoms with van der Waals surface area (Å²) in [7, 11) is 1.55. The molecule has 132 valence electrons. The van der Waals surface area contributed by atoms with Crippen LogP contribution in [0.1, 0.15) is 16.2 Å². The minimum absolute atomic E-state index is 0.0618. The van der Waals surface area contributed by atoms with Gasteiger partial charge in [-0.1, -0.05) is 23.4 Å². The van der Waals surface area contributed by atoms with Crippen molar-refractivity contribution in [2.24, 2.45) is 0 Å². The standard InChI is InChI=1S/C17H13N3O6/c1-24-14-7-3-4-11(9-14)16-18-15(26-19-16)10-25-17(21)12-5-2-6-13(8-12)20(22)23/h2-9H,10H2,1H3. The Kier molecular flexibility index (Phi) is 4.88. The molecule has 3 aromatic rings. The Balaban J connectivity index is 1.67. The van der Waals surface area contributed by atoms with E-state index in [1.807, 2.05) is 0 Å². The van der Waals surface area contributed by atoms with Crippen LogP contribution in [0.2, 0.25) is 0 Å². The molecule has 0 bridgehead atoms. The molecule has 0 saturated carbocycles. The zero-order valence-corrected chi connectivity index (χ0v) is 13.6. The first-order valence-electron chi connectivity index (χ1n) is 7.45. The third-order valence-electron chi connectivity index (χ3n) is 3.42. The molecule has 0 unspecified atom stereocenters. The van der Waals surface area contributed by atoms with E-state index in [0.717, 1.165) is 6.07 Å². The molecule has 1 heterocycles. The van der Waals surface area contributed by atoms with Crippen molar-refractivity contribution >= 4 is 11.7 Å². The molecule has 0 aliphatic rings. The number of nitro groups is 1. The van der Waals surface area contributed by atoms with Crippen LogP contribution in [-0.4, -0.2) is 28.1 Å². The number of carbonyl (C=O) groups excluding carboxylic acids is 1. The van der Waals surface area contributed by atoms with Gasteiger partial charge in [0.25, 0.3) is 11.6 Å². The van der Waals surface area contributed by atoms with Gasteiger partial charge in [-0.15, -0.1) is 0 Å². The molecule has 9 heteroatoms. The lowest BCUT2D eigenvalue weighted by molar-refractivity contribution is -0.384. The predicted molar refractivity (Wildman–Crippen MR) is 88.5 cm³/mol. The van der Waals surface area contributed by atoms with E-state index in [9.17, 15) is 14.9 Å². The zero-order valence-electron chi connectivity index (χ0n) is 13.6. The normalized spacial score (nSPS) is 10.3. The second-order valence-electron chi connectivity index (χ2n) is 5.13. The Labute approximate surface area is 147 Å². The molecule has 0 N–H and O–H groups in total. The summed E-state index contributed by atoms with van der Waals surface area (Å²) in [5.74, 6) is 0.340. The fourth-order valence-corrected chi connectivity index (χ4v) is 2.15. The first-order chi connectivity index (χ1) is 12.6. The van der Waals surface area contributed by atoms with Gasteiger partial charge in [0, 0.05) is 17.7 Å². The van der Waals surface area contributed by atoms with Crippen molar-refractivity contribution in [2.45, 2.75) is 6.61 Å². The van der Waals surface area contributed by atoms with Gasteiger partial charge in [0.2, 0.25) is 5.82 Å². The highest BCUT2D eigenvalue weighted by atomic mass is 16.6. The fraction of sp³-hybridized carbons (Fsp3) is 0.118. The predicted octanol–water partition coefficient (Wildman–Crippen LogP) is 3.01. The van der Waals surface area contributed by atoms with Crippen LogP contribution in [-0.2, 0) is 11.3 Å². The summed E-state index contributed by atoms with van der Waals surface area (Å²) in [6, 6.07) is 12.3. The summed E-state index contributed by atoms with van der Waals surface area (Å²) in [6.45, 7) is -0.251. The number of esters is 1. The number of nitro benzene ring substituents is 1. The van der Waals surface area contributed by atoms with Gasteiger partial charge in [-0.05, 0) is 18.2 Å². The number of methoxy groups -OCH3 is 1. The van der Waals surface area contributed by atoms with Gasteiger partial charge < -0.3 is 14.0 Å². The van der Waals surface area contributed by atoms with Gasteiger partial charge >= 0.3 is 5.97 Å². The highest BCUT2D eigenvalue weighted by molar-refractivity contribution is 5.90. The Morgan fingerprint density at radius 1 is 1.23 bits per heavy atom. The molecule has 2 aromatic carbocycles. The van der Waals surface area contributed by atoms with Crippen LogP contribution in [0.15, 0.2) is 53.1 Å². The number of rotatable bonds is 6. The molecule has 0 amide bonds. The van der Waals surface area contributed by atoms with Crippen molar-refractivity contribution in [1.82, 2.24) is 10.1 Å². The molecular weight excluding hydrogens is 342 g/mol. The average Bonchev–Trinajstić information content (AvgIpc) is 3.15. The van der Waals surface area contributed by atoms with Gasteiger partial charge in [-0.3, -0.25) is 10.1 Å². The number of ether oxygens (including phenoxy) is 2. The molecule has 9 nitrogen and oxygen atoms in total. The highest BCUT2D eigenvalue weighted by Crippen LogP contribution is 2.21. The van der Waals surface area contributed by atoms with E-state index < -0.39 is 10.9 Å². The summed E-state index contributed by atoms with van der Waals surface area (Å²) in [6.07, 6.45) is 0. The lowest BCUT2D eigenvalue weighted by Gasteiger charge is -2.01. The minimum Gasteiger partial charge on any atom is -0.497 e. The van der Waals surface area contributed by atoms with Crippen molar-refractivity contribution < 1.29 is 23.7 Å². The molecule has 0 radical (unpaired) electrons. The fourth-order valence-electron chi connectivity index (χ4n) is 2.15. The first-order valence-corrected chi connectivity index (χ1v) is 7.45. The van der Waals surface area contributed by atoms with Crippen LogP contribution >= 0.6 is 0 Å². The van der Waals surface area contributed by atoms with E-state index in [2.05, 4.69) is 10.1 Å². The number of non-ortho nitro benzene ring substituents is 1. The minimum atomic E-state index is -0.727. The molecule has 1 aromatic heterocycles. The highest BCUT2D eigenvalue weighted by Gasteiger charge is 2.15. The lowest BCUT2D eigenvalue weighted by Crippen LogP contribution is -2.06. The SMILES string of the molecule is COc1cccc(-c2noc(COC(=O)c3cccc([N+](=O)[O-])c3)n2)c1. The summed E-state index contributed by atoms with van der Waals surface area (Å²) < 4.78 is 15.2. The van der Waals surface area contributed by atoms with Crippen LogP contribution in [0.3, 0.4) is 0 Å². The van der Waals surface area contributed by atoms with E-state index >= 15 is 0 Å². The number of hydrogen-bond donors (Lipinski definition) is 0.